The number of carbonyl (C=O) groups is 1. The topological polar surface area (TPSA) is 41.4 Å². The predicted octanol–water partition coefficient (Wildman–Crippen LogP) is 3.28. The van der Waals surface area contributed by atoms with Crippen LogP contribution in [0.2, 0.25) is 5.02 Å². The van der Waals surface area contributed by atoms with Gasteiger partial charge in [-0.1, -0.05) is 23.7 Å². The largest absolute Gasteiger partial charge is 0.335 e. The first-order valence-corrected chi connectivity index (χ1v) is 9.23. The predicted molar refractivity (Wildman–Crippen MR) is 98.2 cm³/mol. The van der Waals surface area contributed by atoms with E-state index in [2.05, 4.69) is 25.9 Å². The molecule has 0 N–H and O–H groups in total. The standard InChI is InChI=1S/C17H20BrClN4O/c1-2-23-12-15(18)16(20-23)17(24)22-9-7-21(8-10-22)11-13-3-5-14(19)6-4-13/h3-6,12H,2,7-11H2,1H3. The Hall–Kier alpha value is -1.37. The van der Waals surface area contributed by atoms with Gasteiger partial charge in [-0.2, -0.15) is 5.10 Å². The monoisotopic (exact) mass is 410 g/mol. The van der Waals surface area contributed by atoms with Crippen LogP contribution in [0, 0.1) is 0 Å². The van der Waals surface area contributed by atoms with Gasteiger partial charge in [-0.3, -0.25) is 14.4 Å². The molecule has 128 valence electrons. The Kier molecular flexibility index (Phi) is 5.58. The minimum atomic E-state index is 0.000202. The SMILES string of the molecule is CCn1cc(Br)c(C(=O)N2CCN(Cc3ccc(Cl)cc3)CC2)n1. The van der Waals surface area contributed by atoms with E-state index in [1.807, 2.05) is 42.3 Å². The molecule has 0 bridgehead atoms. The molecule has 3 rings (SSSR count). The van der Waals surface area contributed by atoms with Crippen LogP contribution in [-0.2, 0) is 13.1 Å². The second kappa shape index (κ2) is 7.68. The number of hydrogen-bond acceptors (Lipinski definition) is 3. The summed E-state index contributed by atoms with van der Waals surface area (Å²) < 4.78 is 2.53. The van der Waals surface area contributed by atoms with Gasteiger partial charge in [-0.25, -0.2) is 0 Å². The number of aryl methyl sites for hydroxylation is 1. The van der Waals surface area contributed by atoms with E-state index >= 15 is 0 Å². The fourth-order valence-electron chi connectivity index (χ4n) is 2.81. The first-order valence-electron chi connectivity index (χ1n) is 8.06. The summed E-state index contributed by atoms with van der Waals surface area (Å²) in [6, 6.07) is 7.93. The van der Waals surface area contributed by atoms with Gasteiger partial charge in [-0.05, 0) is 40.5 Å². The Labute approximate surface area is 155 Å². The normalized spacial score (nSPS) is 15.7. The summed E-state index contributed by atoms with van der Waals surface area (Å²) in [5, 5.41) is 5.11. The molecule has 1 amide bonds. The second-order valence-electron chi connectivity index (χ2n) is 5.88. The fraction of sp³-hybridized carbons (Fsp3) is 0.412. The minimum absolute atomic E-state index is 0.000202. The number of halogens is 2. The van der Waals surface area contributed by atoms with Crippen molar-refractivity contribution in [1.29, 1.82) is 0 Å². The highest BCUT2D eigenvalue weighted by molar-refractivity contribution is 9.10. The molecule has 7 heteroatoms. The lowest BCUT2D eigenvalue weighted by molar-refractivity contribution is 0.0621. The van der Waals surface area contributed by atoms with Gasteiger partial charge in [0.1, 0.15) is 0 Å². The van der Waals surface area contributed by atoms with Gasteiger partial charge < -0.3 is 4.90 Å². The smallest absolute Gasteiger partial charge is 0.275 e. The molecule has 5 nitrogen and oxygen atoms in total. The molecule has 1 saturated heterocycles. The van der Waals surface area contributed by atoms with Crippen molar-refractivity contribution in [3.05, 3.63) is 51.2 Å². The van der Waals surface area contributed by atoms with Crippen LogP contribution in [0.25, 0.3) is 0 Å². The molecule has 24 heavy (non-hydrogen) atoms. The summed E-state index contributed by atoms with van der Waals surface area (Å²) in [7, 11) is 0. The Morgan fingerprint density at radius 3 is 2.46 bits per heavy atom. The molecule has 1 aromatic carbocycles. The summed E-state index contributed by atoms with van der Waals surface area (Å²) in [4.78, 5) is 16.9. The van der Waals surface area contributed by atoms with Crippen LogP contribution in [0.15, 0.2) is 34.9 Å². The summed E-state index contributed by atoms with van der Waals surface area (Å²) in [6.45, 7) is 6.80. The molecule has 0 aliphatic carbocycles. The molecular formula is C17H20BrClN4O. The summed E-state index contributed by atoms with van der Waals surface area (Å²) in [6.07, 6.45) is 1.85. The molecule has 0 unspecified atom stereocenters. The van der Waals surface area contributed by atoms with Crippen molar-refractivity contribution >= 4 is 33.4 Å². The van der Waals surface area contributed by atoms with E-state index in [-0.39, 0.29) is 5.91 Å². The first kappa shape index (κ1) is 17.5. The summed E-state index contributed by atoms with van der Waals surface area (Å²) in [5.74, 6) is 0.000202. The van der Waals surface area contributed by atoms with Crippen molar-refractivity contribution in [2.24, 2.45) is 0 Å². The highest BCUT2D eigenvalue weighted by Crippen LogP contribution is 2.18. The van der Waals surface area contributed by atoms with E-state index in [1.165, 1.54) is 5.56 Å². The quantitative estimate of drug-likeness (QED) is 0.775. The van der Waals surface area contributed by atoms with Gasteiger partial charge in [-0.15, -0.1) is 0 Å². The van der Waals surface area contributed by atoms with Crippen LogP contribution in [-0.4, -0.2) is 51.7 Å². The summed E-state index contributed by atoms with van der Waals surface area (Å²) >= 11 is 9.36. The van der Waals surface area contributed by atoms with Gasteiger partial charge >= 0.3 is 0 Å². The molecule has 2 aromatic rings. The maximum Gasteiger partial charge on any atom is 0.275 e. The number of nitrogens with zero attached hydrogens (tertiary/aromatic N) is 4. The average Bonchev–Trinajstić information content (AvgIpc) is 2.98. The Morgan fingerprint density at radius 1 is 1.21 bits per heavy atom. The zero-order valence-corrected chi connectivity index (χ0v) is 15.9. The molecule has 0 saturated carbocycles. The van der Waals surface area contributed by atoms with E-state index in [9.17, 15) is 4.79 Å². The summed E-state index contributed by atoms with van der Waals surface area (Å²) in [5.41, 5.74) is 1.74. The Morgan fingerprint density at radius 2 is 1.88 bits per heavy atom. The number of piperazine rings is 1. The number of carbonyl (C=O) groups excluding carboxylic acids is 1. The van der Waals surface area contributed by atoms with Crippen molar-refractivity contribution in [1.82, 2.24) is 19.6 Å². The third-order valence-corrected chi connectivity index (χ3v) is 5.05. The van der Waals surface area contributed by atoms with Crippen LogP contribution >= 0.6 is 27.5 Å². The van der Waals surface area contributed by atoms with Crippen LogP contribution in [0.1, 0.15) is 23.0 Å². The van der Waals surface area contributed by atoms with Gasteiger partial charge in [0.15, 0.2) is 5.69 Å². The number of aromatic nitrogens is 2. The Bertz CT molecular complexity index is 708. The molecule has 1 fully saturated rings. The van der Waals surface area contributed by atoms with Crippen molar-refractivity contribution in [3.63, 3.8) is 0 Å². The number of benzene rings is 1. The van der Waals surface area contributed by atoms with E-state index in [0.29, 0.717) is 5.69 Å². The number of hydrogen-bond donors (Lipinski definition) is 0. The lowest BCUT2D eigenvalue weighted by Crippen LogP contribution is -2.48. The van der Waals surface area contributed by atoms with Crippen LogP contribution in [0.4, 0.5) is 0 Å². The number of rotatable bonds is 4. The third-order valence-electron chi connectivity index (χ3n) is 4.22. The van der Waals surface area contributed by atoms with Gasteiger partial charge in [0, 0.05) is 50.5 Å². The molecule has 2 heterocycles. The van der Waals surface area contributed by atoms with Crippen LogP contribution in [0.3, 0.4) is 0 Å². The average molecular weight is 412 g/mol. The van der Waals surface area contributed by atoms with Crippen molar-refractivity contribution < 1.29 is 4.79 Å². The third kappa shape index (κ3) is 3.99. The zero-order chi connectivity index (χ0) is 17.1. The highest BCUT2D eigenvalue weighted by Gasteiger charge is 2.25. The van der Waals surface area contributed by atoms with E-state index < -0.39 is 0 Å². The van der Waals surface area contributed by atoms with E-state index in [0.717, 1.165) is 48.8 Å². The molecule has 1 aliphatic rings. The molecule has 0 atom stereocenters. The first-order chi connectivity index (χ1) is 11.6. The van der Waals surface area contributed by atoms with Gasteiger partial charge in [0.2, 0.25) is 0 Å². The van der Waals surface area contributed by atoms with Crippen molar-refractivity contribution in [3.8, 4) is 0 Å². The molecule has 1 aromatic heterocycles. The molecule has 0 spiro atoms. The van der Waals surface area contributed by atoms with E-state index in [1.54, 1.807) is 4.68 Å². The maximum atomic E-state index is 12.6. The molecular weight excluding hydrogens is 392 g/mol. The minimum Gasteiger partial charge on any atom is -0.335 e. The van der Waals surface area contributed by atoms with Crippen LogP contribution < -0.4 is 0 Å². The number of amides is 1. The lowest BCUT2D eigenvalue weighted by atomic mass is 10.2. The zero-order valence-electron chi connectivity index (χ0n) is 13.6. The van der Waals surface area contributed by atoms with Gasteiger partial charge in [0.05, 0.1) is 4.47 Å². The van der Waals surface area contributed by atoms with Gasteiger partial charge in [0.25, 0.3) is 5.91 Å². The Balaban J connectivity index is 1.57. The molecule has 0 radical (unpaired) electrons. The van der Waals surface area contributed by atoms with E-state index in [4.69, 9.17) is 11.6 Å². The fourth-order valence-corrected chi connectivity index (χ4v) is 3.42. The highest BCUT2D eigenvalue weighted by atomic mass is 79.9. The van der Waals surface area contributed by atoms with Crippen molar-refractivity contribution in [2.45, 2.75) is 20.0 Å². The maximum absolute atomic E-state index is 12.6. The van der Waals surface area contributed by atoms with Crippen LogP contribution in [0.5, 0.6) is 0 Å². The molecule has 1 aliphatic heterocycles. The van der Waals surface area contributed by atoms with Crippen molar-refractivity contribution in [2.75, 3.05) is 26.2 Å². The lowest BCUT2D eigenvalue weighted by Gasteiger charge is -2.34. The second-order valence-corrected chi connectivity index (χ2v) is 7.17.